The van der Waals surface area contributed by atoms with Gasteiger partial charge in [-0.3, -0.25) is 9.47 Å². The molecular weight excluding hydrogens is 348 g/mol. The highest BCUT2D eigenvalue weighted by Crippen LogP contribution is 2.10. The molecular formula is C17H20N8S. The van der Waals surface area contributed by atoms with Gasteiger partial charge in [0.05, 0.1) is 24.9 Å². The van der Waals surface area contributed by atoms with E-state index < -0.39 is 0 Å². The Balaban J connectivity index is 2.02. The Labute approximate surface area is 158 Å². The van der Waals surface area contributed by atoms with E-state index in [1.54, 1.807) is 12.4 Å². The first-order valence-corrected chi connectivity index (χ1v) is 8.50. The standard InChI is InChI=1S/C17H20N8S/c1-3-7-24(9-6-18)8-5-14-11-25(13-22-14)16-10-15(20-12-21-16)23-17(26)19-4-2/h1,10-13H,4-5,7-9H2,2H3,(H2,19,20,21,23,26). The van der Waals surface area contributed by atoms with Crippen molar-refractivity contribution in [1.29, 1.82) is 5.26 Å². The van der Waals surface area contributed by atoms with Gasteiger partial charge in [-0.05, 0) is 19.1 Å². The molecule has 0 fully saturated rings. The summed E-state index contributed by atoms with van der Waals surface area (Å²) < 4.78 is 1.81. The van der Waals surface area contributed by atoms with E-state index in [2.05, 4.69) is 37.6 Å². The molecule has 2 aromatic heterocycles. The molecule has 8 nitrogen and oxygen atoms in total. The van der Waals surface area contributed by atoms with Crippen molar-refractivity contribution < 1.29 is 0 Å². The molecule has 0 amide bonds. The van der Waals surface area contributed by atoms with E-state index >= 15 is 0 Å². The molecule has 0 saturated carbocycles. The van der Waals surface area contributed by atoms with Crippen LogP contribution in [-0.4, -0.2) is 55.7 Å². The van der Waals surface area contributed by atoms with Crippen LogP contribution in [0.15, 0.2) is 24.9 Å². The molecule has 26 heavy (non-hydrogen) atoms. The van der Waals surface area contributed by atoms with Gasteiger partial charge < -0.3 is 10.6 Å². The maximum atomic E-state index is 8.82. The van der Waals surface area contributed by atoms with Crippen molar-refractivity contribution in [2.24, 2.45) is 0 Å². The number of nitrogens with zero attached hydrogens (tertiary/aromatic N) is 6. The van der Waals surface area contributed by atoms with Crippen LogP contribution in [0.1, 0.15) is 12.6 Å². The van der Waals surface area contributed by atoms with Crippen LogP contribution in [-0.2, 0) is 6.42 Å². The number of aromatic nitrogens is 4. The highest BCUT2D eigenvalue weighted by Gasteiger charge is 2.07. The van der Waals surface area contributed by atoms with Gasteiger partial charge in [-0.25, -0.2) is 15.0 Å². The maximum Gasteiger partial charge on any atom is 0.171 e. The fraction of sp³-hybridized carbons (Fsp3) is 0.353. The Bertz CT molecular complexity index is 801. The van der Waals surface area contributed by atoms with Crippen LogP contribution in [0.2, 0.25) is 0 Å². The summed E-state index contributed by atoms with van der Waals surface area (Å²) in [5, 5.41) is 15.3. The SMILES string of the molecule is C#CCN(CC#N)CCc1cn(-c2cc(NC(=S)NCC)ncn2)cn1. The summed E-state index contributed by atoms with van der Waals surface area (Å²) in [7, 11) is 0. The van der Waals surface area contributed by atoms with Crippen molar-refractivity contribution in [1.82, 2.24) is 29.7 Å². The van der Waals surface area contributed by atoms with Crippen LogP contribution in [0.3, 0.4) is 0 Å². The van der Waals surface area contributed by atoms with Crippen molar-refractivity contribution in [3.05, 3.63) is 30.6 Å². The minimum Gasteiger partial charge on any atom is -0.363 e. The third-order valence-corrected chi connectivity index (χ3v) is 3.67. The molecule has 2 heterocycles. The third-order valence-electron chi connectivity index (χ3n) is 3.43. The fourth-order valence-corrected chi connectivity index (χ4v) is 2.46. The summed E-state index contributed by atoms with van der Waals surface area (Å²) in [4.78, 5) is 14.7. The van der Waals surface area contributed by atoms with Crippen molar-refractivity contribution in [3.63, 3.8) is 0 Å². The summed E-state index contributed by atoms with van der Waals surface area (Å²) in [5.41, 5.74) is 0.890. The number of rotatable bonds is 8. The Kier molecular flexibility index (Phi) is 7.49. The first-order chi connectivity index (χ1) is 12.7. The molecule has 0 saturated heterocycles. The quantitative estimate of drug-likeness (QED) is 0.404. The average Bonchev–Trinajstić information content (AvgIpc) is 3.09. The summed E-state index contributed by atoms with van der Waals surface area (Å²) in [6.07, 6.45) is 11.1. The molecule has 0 spiro atoms. The van der Waals surface area contributed by atoms with Crippen LogP contribution in [0.4, 0.5) is 5.82 Å². The van der Waals surface area contributed by atoms with Gasteiger partial charge in [-0.15, -0.1) is 6.42 Å². The Morgan fingerprint density at radius 1 is 1.38 bits per heavy atom. The van der Waals surface area contributed by atoms with E-state index in [1.807, 2.05) is 22.6 Å². The van der Waals surface area contributed by atoms with Gasteiger partial charge in [0.1, 0.15) is 24.3 Å². The zero-order valence-corrected chi connectivity index (χ0v) is 15.3. The predicted octanol–water partition coefficient (Wildman–Crippen LogP) is 0.970. The smallest absolute Gasteiger partial charge is 0.171 e. The van der Waals surface area contributed by atoms with E-state index in [0.29, 0.717) is 42.8 Å². The second kappa shape index (κ2) is 10.1. The second-order valence-electron chi connectivity index (χ2n) is 5.34. The minimum absolute atomic E-state index is 0.303. The molecule has 2 aromatic rings. The summed E-state index contributed by atoms with van der Waals surface area (Å²) in [5.74, 6) is 3.84. The van der Waals surface area contributed by atoms with Gasteiger partial charge in [0.25, 0.3) is 0 Å². The summed E-state index contributed by atoms with van der Waals surface area (Å²) in [6.45, 7) is 4.12. The van der Waals surface area contributed by atoms with Gasteiger partial charge in [0.15, 0.2) is 5.11 Å². The van der Waals surface area contributed by atoms with Gasteiger partial charge >= 0.3 is 0 Å². The van der Waals surface area contributed by atoms with Crippen LogP contribution in [0.5, 0.6) is 0 Å². The Hall–Kier alpha value is -3.01. The zero-order chi connectivity index (χ0) is 18.8. The number of hydrogen-bond acceptors (Lipinski definition) is 6. The Morgan fingerprint density at radius 3 is 2.96 bits per heavy atom. The number of anilines is 1. The first-order valence-electron chi connectivity index (χ1n) is 8.09. The zero-order valence-electron chi connectivity index (χ0n) is 14.5. The van der Waals surface area contributed by atoms with Gasteiger partial charge in [0.2, 0.25) is 0 Å². The van der Waals surface area contributed by atoms with E-state index in [0.717, 1.165) is 12.2 Å². The number of hydrogen-bond donors (Lipinski definition) is 2. The van der Waals surface area contributed by atoms with Crippen molar-refractivity contribution in [2.45, 2.75) is 13.3 Å². The highest BCUT2D eigenvalue weighted by atomic mass is 32.1. The van der Waals surface area contributed by atoms with E-state index in [4.69, 9.17) is 23.9 Å². The minimum atomic E-state index is 0.303. The molecule has 0 atom stereocenters. The van der Waals surface area contributed by atoms with Crippen molar-refractivity contribution >= 4 is 23.1 Å². The number of imidazole rings is 1. The van der Waals surface area contributed by atoms with E-state index in [9.17, 15) is 0 Å². The number of thiocarbonyl (C=S) groups is 1. The molecule has 134 valence electrons. The van der Waals surface area contributed by atoms with Gasteiger partial charge in [0, 0.05) is 31.8 Å². The van der Waals surface area contributed by atoms with E-state index in [-0.39, 0.29) is 0 Å². The first kappa shape index (κ1) is 19.3. The van der Waals surface area contributed by atoms with Gasteiger partial charge in [-0.2, -0.15) is 5.26 Å². The molecule has 0 aliphatic heterocycles. The van der Waals surface area contributed by atoms with Crippen LogP contribution in [0, 0.1) is 23.7 Å². The van der Waals surface area contributed by atoms with Crippen LogP contribution in [0.25, 0.3) is 5.82 Å². The molecule has 0 aromatic carbocycles. The molecule has 0 bridgehead atoms. The molecule has 9 heteroatoms. The maximum absolute atomic E-state index is 8.82. The molecule has 0 unspecified atom stereocenters. The lowest BCUT2D eigenvalue weighted by molar-refractivity contribution is 0.347. The molecule has 0 aliphatic carbocycles. The van der Waals surface area contributed by atoms with Crippen molar-refractivity contribution in [3.8, 4) is 24.2 Å². The second-order valence-corrected chi connectivity index (χ2v) is 5.75. The lowest BCUT2D eigenvalue weighted by Crippen LogP contribution is -2.28. The van der Waals surface area contributed by atoms with Crippen molar-refractivity contribution in [2.75, 3.05) is 31.5 Å². The summed E-state index contributed by atoms with van der Waals surface area (Å²) in [6, 6.07) is 3.90. The van der Waals surface area contributed by atoms with Crippen LogP contribution >= 0.6 is 12.2 Å². The third kappa shape index (κ3) is 5.81. The number of terminal acetylenes is 1. The molecule has 0 radical (unpaired) electrons. The molecule has 2 N–H and O–H groups in total. The van der Waals surface area contributed by atoms with E-state index in [1.165, 1.54) is 6.33 Å². The molecule has 2 rings (SSSR count). The Morgan fingerprint density at radius 2 is 2.23 bits per heavy atom. The average molecular weight is 368 g/mol. The highest BCUT2D eigenvalue weighted by molar-refractivity contribution is 7.80. The van der Waals surface area contributed by atoms with Gasteiger partial charge in [-0.1, -0.05) is 5.92 Å². The number of nitriles is 1. The predicted molar refractivity (Wildman–Crippen MR) is 104 cm³/mol. The topological polar surface area (TPSA) is 94.7 Å². The molecule has 0 aliphatic rings. The monoisotopic (exact) mass is 368 g/mol. The number of nitrogens with one attached hydrogen (secondary N) is 2. The lowest BCUT2D eigenvalue weighted by Gasteiger charge is -2.14. The van der Waals surface area contributed by atoms with Crippen LogP contribution < -0.4 is 10.6 Å². The summed E-state index contributed by atoms with van der Waals surface area (Å²) >= 11 is 5.16. The fourth-order valence-electron chi connectivity index (χ4n) is 2.21. The largest absolute Gasteiger partial charge is 0.363 e. The normalized spacial score (nSPS) is 10.2. The lowest BCUT2D eigenvalue weighted by atomic mass is 10.3.